The van der Waals surface area contributed by atoms with Gasteiger partial charge in [0.05, 0.1) is 16.4 Å². The maximum atomic E-state index is 4.76. The van der Waals surface area contributed by atoms with Gasteiger partial charge in [-0.2, -0.15) is 0 Å². The molecular formula is C50H37N3. The molecule has 0 aliphatic rings. The number of hydrogen-bond donors (Lipinski definition) is 0. The minimum atomic E-state index is 0.847. The molecule has 0 atom stereocenters. The number of aromatic nitrogens is 3. The topological polar surface area (TPSA) is 38.7 Å². The van der Waals surface area contributed by atoms with Gasteiger partial charge in [-0.1, -0.05) is 134 Å². The van der Waals surface area contributed by atoms with Gasteiger partial charge in [-0.15, -0.1) is 13.2 Å². The van der Waals surface area contributed by atoms with E-state index in [1.54, 1.807) is 6.20 Å². The van der Waals surface area contributed by atoms with Crippen LogP contribution in [0.2, 0.25) is 0 Å². The lowest BCUT2D eigenvalue weighted by Gasteiger charge is -2.17. The van der Waals surface area contributed by atoms with Crippen molar-refractivity contribution >= 4 is 66.8 Å². The molecule has 7 aromatic carbocycles. The molecule has 0 fully saturated rings. The first-order chi connectivity index (χ1) is 26.2. The van der Waals surface area contributed by atoms with Gasteiger partial charge < -0.3 is 0 Å². The summed E-state index contributed by atoms with van der Waals surface area (Å²) in [6, 6.07) is 52.2. The number of nitrogens with zero attached hydrogens (tertiary/aromatic N) is 3. The predicted octanol–water partition coefficient (Wildman–Crippen LogP) is 11.8. The maximum Gasteiger partial charge on any atom is 0.0780 e. The third-order valence-electron chi connectivity index (χ3n) is 9.98. The van der Waals surface area contributed by atoms with E-state index in [1.807, 2.05) is 49.7 Å². The third kappa shape index (κ3) is 5.98. The van der Waals surface area contributed by atoms with E-state index in [9.17, 15) is 0 Å². The second-order valence-corrected chi connectivity index (χ2v) is 12.8. The molecule has 0 N–H and O–H groups in total. The van der Waals surface area contributed by atoms with E-state index in [0.29, 0.717) is 0 Å². The van der Waals surface area contributed by atoms with E-state index in [-0.39, 0.29) is 0 Å². The van der Waals surface area contributed by atoms with Crippen LogP contribution in [0.5, 0.6) is 0 Å². The Morgan fingerprint density at radius 2 is 0.981 bits per heavy atom. The molecule has 53 heavy (non-hydrogen) atoms. The van der Waals surface area contributed by atoms with Crippen LogP contribution in [0.25, 0.3) is 100 Å². The monoisotopic (exact) mass is 679 g/mol. The quantitative estimate of drug-likeness (QED) is 0.138. The molecule has 0 saturated carbocycles. The van der Waals surface area contributed by atoms with Crippen molar-refractivity contribution in [3.8, 4) is 33.4 Å². The molecule has 0 unspecified atom stereocenters. The van der Waals surface area contributed by atoms with Crippen molar-refractivity contribution in [2.75, 3.05) is 0 Å². The number of pyridine rings is 3. The SMILES string of the molecule is C=C.C=c1nccc/c1=C/C.c1cnc2c(-c3ccc4ccc5c(-c6ccc(-c7cccc8ncccc78)cc6)ccc6ccc3c4c65)cccc2c1. The Kier molecular flexibility index (Phi) is 8.98. The molecule has 0 bridgehead atoms. The van der Waals surface area contributed by atoms with Crippen molar-refractivity contribution in [2.45, 2.75) is 6.92 Å². The highest BCUT2D eigenvalue weighted by Crippen LogP contribution is 2.43. The molecule has 0 aliphatic heterocycles. The first-order valence-electron chi connectivity index (χ1n) is 17.7. The van der Waals surface area contributed by atoms with Crippen LogP contribution >= 0.6 is 0 Å². The summed E-state index contributed by atoms with van der Waals surface area (Å²) in [5, 5.41) is 12.0. The van der Waals surface area contributed by atoms with Crippen molar-refractivity contribution < 1.29 is 0 Å². The normalized spacial score (nSPS) is 11.5. The Balaban J connectivity index is 0.000000318. The molecular weight excluding hydrogens is 643 g/mol. The lowest BCUT2D eigenvalue weighted by Crippen LogP contribution is -2.24. The molecule has 0 spiro atoms. The van der Waals surface area contributed by atoms with Crippen LogP contribution in [-0.2, 0) is 0 Å². The fraction of sp³-hybridized carbons (Fsp3) is 0.0200. The zero-order valence-corrected chi connectivity index (χ0v) is 29.6. The summed E-state index contributed by atoms with van der Waals surface area (Å²) in [7, 11) is 0. The number of hydrogen-bond acceptors (Lipinski definition) is 3. The van der Waals surface area contributed by atoms with Crippen molar-refractivity contribution in [1.82, 2.24) is 15.0 Å². The zero-order valence-electron chi connectivity index (χ0n) is 29.6. The van der Waals surface area contributed by atoms with Crippen LogP contribution in [0.4, 0.5) is 0 Å². The van der Waals surface area contributed by atoms with Crippen molar-refractivity contribution in [1.29, 1.82) is 0 Å². The van der Waals surface area contributed by atoms with Crippen molar-refractivity contribution in [3.63, 3.8) is 0 Å². The van der Waals surface area contributed by atoms with Crippen LogP contribution in [0.1, 0.15) is 6.92 Å². The lowest BCUT2D eigenvalue weighted by atomic mass is 9.86. The lowest BCUT2D eigenvalue weighted by molar-refractivity contribution is 1.23. The Bertz CT molecular complexity index is 3010. The van der Waals surface area contributed by atoms with Gasteiger partial charge in [-0.3, -0.25) is 15.0 Å². The van der Waals surface area contributed by atoms with Gasteiger partial charge in [0.1, 0.15) is 0 Å². The van der Waals surface area contributed by atoms with E-state index >= 15 is 0 Å². The van der Waals surface area contributed by atoms with Crippen LogP contribution in [0.15, 0.2) is 177 Å². The Morgan fingerprint density at radius 3 is 1.68 bits per heavy atom. The van der Waals surface area contributed by atoms with Gasteiger partial charge in [0, 0.05) is 34.9 Å². The fourth-order valence-electron chi connectivity index (χ4n) is 7.51. The van der Waals surface area contributed by atoms with Gasteiger partial charge in [0.15, 0.2) is 0 Å². The average molecular weight is 680 g/mol. The Hall–Kier alpha value is -6.97. The van der Waals surface area contributed by atoms with Crippen LogP contribution in [0, 0.1) is 0 Å². The predicted molar refractivity (Wildman–Crippen MR) is 227 cm³/mol. The molecule has 0 radical (unpaired) electrons. The van der Waals surface area contributed by atoms with E-state index < -0.39 is 0 Å². The highest BCUT2D eigenvalue weighted by molar-refractivity contribution is 6.28. The molecule has 3 aromatic heterocycles. The summed E-state index contributed by atoms with van der Waals surface area (Å²) in [4.78, 5) is 13.3. The summed E-state index contributed by atoms with van der Waals surface area (Å²) < 4.78 is 0. The van der Waals surface area contributed by atoms with Gasteiger partial charge in [0.25, 0.3) is 0 Å². The number of para-hydroxylation sites is 1. The smallest absolute Gasteiger partial charge is 0.0780 e. The van der Waals surface area contributed by atoms with Crippen LogP contribution < -0.4 is 10.6 Å². The van der Waals surface area contributed by atoms with Gasteiger partial charge >= 0.3 is 0 Å². The first-order valence-corrected chi connectivity index (χ1v) is 17.7. The van der Waals surface area contributed by atoms with Gasteiger partial charge in [-0.05, 0) is 96.5 Å². The van der Waals surface area contributed by atoms with E-state index in [0.717, 1.165) is 27.0 Å². The molecule has 3 heterocycles. The number of rotatable bonds is 3. The van der Waals surface area contributed by atoms with Crippen molar-refractivity contribution in [3.05, 3.63) is 188 Å². The standard InChI is InChI=1S/C40H24N2.C8H9N.C2H4/c1-5-29-6-3-24-42-40(29)36(8-1)32-20-16-28-17-21-34-31(19-15-27-18-22-35(32)39(28)38(27)34)26-13-11-25(12-14-26)30-7-2-10-37-33(30)9-4-23-41-37;1-3-8-5-4-6-9-7(8)2;1-2/h1-24H;3-6H,2H2,1H3;1-2H2/b;8-3-;. The molecule has 0 saturated heterocycles. The fourth-order valence-corrected chi connectivity index (χ4v) is 7.51. The molecule has 252 valence electrons. The van der Waals surface area contributed by atoms with Crippen LogP contribution in [-0.4, -0.2) is 15.0 Å². The van der Waals surface area contributed by atoms with Gasteiger partial charge in [-0.25, -0.2) is 0 Å². The summed E-state index contributed by atoms with van der Waals surface area (Å²) >= 11 is 0. The number of benzene rings is 7. The minimum absolute atomic E-state index is 0.847. The van der Waals surface area contributed by atoms with Crippen LogP contribution in [0.3, 0.4) is 0 Å². The molecule has 10 rings (SSSR count). The minimum Gasteiger partial charge on any atom is -0.257 e. The van der Waals surface area contributed by atoms with E-state index in [4.69, 9.17) is 4.98 Å². The molecule has 3 nitrogen and oxygen atoms in total. The maximum absolute atomic E-state index is 4.76. The second-order valence-electron chi connectivity index (χ2n) is 12.8. The number of fused-ring (bicyclic) bond motifs is 2. The largest absolute Gasteiger partial charge is 0.257 e. The average Bonchev–Trinajstić information content (AvgIpc) is 3.23. The first kappa shape index (κ1) is 33.2. The summed E-state index contributed by atoms with van der Waals surface area (Å²) in [6.45, 7) is 11.7. The summed E-state index contributed by atoms with van der Waals surface area (Å²) in [5.74, 6) is 0. The van der Waals surface area contributed by atoms with E-state index in [2.05, 4.69) is 151 Å². The third-order valence-corrected chi connectivity index (χ3v) is 9.98. The Labute approximate surface area is 308 Å². The molecule has 10 aromatic rings. The summed E-state index contributed by atoms with van der Waals surface area (Å²) in [5.41, 5.74) is 9.32. The Morgan fingerprint density at radius 1 is 0.434 bits per heavy atom. The van der Waals surface area contributed by atoms with E-state index in [1.165, 1.54) is 71.1 Å². The zero-order chi connectivity index (χ0) is 36.3. The van der Waals surface area contributed by atoms with Gasteiger partial charge in [0.2, 0.25) is 0 Å². The van der Waals surface area contributed by atoms with Crippen molar-refractivity contribution in [2.24, 2.45) is 0 Å². The highest BCUT2D eigenvalue weighted by Gasteiger charge is 2.16. The second kappa shape index (κ2) is 14.3. The highest BCUT2D eigenvalue weighted by atomic mass is 14.7. The summed E-state index contributed by atoms with van der Waals surface area (Å²) in [6.07, 6.45) is 7.48. The molecule has 0 aliphatic carbocycles. The molecule has 3 heteroatoms. The molecule has 0 amide bonds.